The van der Waals surface area contributed by atoms with Crippen LogP contribution >= 0.6 is 0 Å². The fraction of sp³-hybridized carbons (Fsp3) is 0.556. The normalized spacial score (nSPS) is 18.8. The van der Waals surface area contributed by atoms with E-state index in [4.69, 9.17) is 5.11 Å². The van der Waals surface area contributed by atoms with Gasteiger partial charge in [-0.1, -0.05) is 35.5 Å². The zero-order valence-electron chi connectivity index (χ0n) is 14.1. The van der Waals surface area contributed by atoms with Crippen LogP contribution in [0.1, 0.15) is 30.5 Å². The summed E-state index contributed by atoms with van der Waals surface area (Å²) in [5.41, 5.74) is 2.35. The molecule has 2 heterocycles. The maximum atomic E-state index is 8.86. The third-order valence-corrected chi connectivity index (χ3v) is 4.46. The summed E-state index contributed by atoms with van der Waals surface area (Å²) >= 11 is 0. The van der Waals surface area contributed by atoms with E-state index in [0.29, 0.717) is 12.5 Å². The minimum absolute atomic E-state index is 0.187. The highest BCUT2D eigenvalue weighted by atomic mass is 16.3. The van der Waals surface area contributed by atoms with E-state index in [0.717, 1.165) is 31.9 Å². The van der Waals surface area contributed by atoms with Crippen molar-refractivity contribution >= 4 is 0 Å². The van der Waals surface area contributed by atoms with Gasteiger partial charge in [0.15, 0.2) is 0 Å². The fourth-order valence-corrected chi connectivity index (χ4v) is 3.22. The molecule has 1 aliphatic rings. The van der Waals surface area contributed by atoms with Gasteiger partial charge >= 0.3 is 0 Å². The van der Waals surface area contributed by atoms with E-state index in [-0.39, 0.29) is 6.61 Å². The van der Waals surface area contributed by atoms with Gasteiger partial charge in [0.05, 0.1) is 5.69 Å². The van der Waals surface area contributed by atoms with Crippen LogP contribution in [0.2, 0.25) is 0 Å². The smallest absolute Gasteiger partial charge is 0.0964 e. The van der Waals surface area contributed by atoms with E-state index in [2.05, 4.69) is 50.9 Å². The molecule has 6 heteroatoms. The standard InChI is InChI=1S/C18H27N5O/c24-11-5-10-23-15-18(20-21-23)12-19-17-8-4-9-22(14-17)13-16-6-2-1-3-7-16/h1-3,6-7,15,17,19,24H,4-5,8-14H2. The van der Waals surface area contributed by atoms with Crippen molar-refractivity contribution in [2.45, 2.75) is 44.9 Å². The Morgan fingerprint density at radius 2 is 2.12 bits per heavy atom. The second kappa shape index (κ2) is 8.92. The van der Waals surface area contributed by atoms with E-state index in [1.54, 1.807) is 4.68 Å². The molecule has 0 saturated carbocycles. The Hall–Kier alpha value is -1.76. The number of hydrogen-bond acceptors (Lipinski definition) is 5. The van der Waals surface area contributed by atoms with E-state index in [9.17, 15) is 0 Å². The average molecular weight is 329 g/mol. The number of aliphatic hydroxyl groups is 1. The van der Waals surface area contributed by atoms with Gasteiger partial charge in [-0.05, 0) is 31.4 Å². The van der Waals surface area contributed by atoms with Crippen LogP contribution < -0.4 is 5.32 Å². The van der Waals surface area contributed by atoms with Crippen LogP contribution in [0, 0.1) is 0 Å². The number of aliphatic hydroxyl groups excluding tert-OH is 1. The van der Waals surface area contributed by atoms with Crippen LogP contribution in [0.3, 0.4) is 0 Å². The molecular formula is C18H27N5O. The number of aryl methyl sites for hydroxylation is 1. The molecule has 2 aromatic rings. The average Bonchev–Trinajstić information content (AvgIpc) is 3.07. The highest BCUT2D eigenvalue weighted by Crippen LogP contribution is 2.14. The van der Waals surface area contributed by atoms with Gasteiger partial charge in [0.25, 0.3) is 0 Å². The first kappa shape index (κ1) is 17.1. The molecule has 0 spiro atoms. The zero-order valence-corrected chi connectivity index (χ0v) is 14.1. The molecule has 1 atom stereocenters. The molecular weight excluding hydrogens is 302 g/mol. The van der Waals surface area contributed by atoms with E-state index in [1.165, 1.54) is 24.9 Å². The van der Waals surface area contributed by atoms with Crippen molar-refractivity contribution in [2.24, 2.45) is 0 Å². The summed E-state index contributed by atoms with van der Waals surface area (Å²) in [6, 6.07) is 11.2. The number of nitrogens with zero attached hydrogens (tertiary/aromatic N) is 4. The van der Waals surface area contributed by atoms with Gasteiger partial charge in [-0.25, -0.2) is 0 Å². The number of nitrogens with one attached hydrogen (secondary N) is 1. The lowest BCUT2D eigenvalue weighted by molar-refractivity contribution is 0.182. The van der Waals surface area contributed by atoms with Gasteiger partial charge in [-0.15, -0.1) is 5.10 Å². The molecule has 1 unspecified atom stereocenters. The molecule has 130 valence electrons. The summed E-state index contributed by atoms with van der Waals surface area (Å²) in [7, 11) is 0. The van der Waals surface area contributed by atoms with Crippen molar-refractivity contribution in [1.29, 1.82) is 0 Å². The summed E-state index contributed by atoms with van der Waals surface area (Å²) in [5, 5.41) is 20.8. The first-order valence-electron chi connectivity index (χ1n) is 8.83. The first-order chi connectivity index (χ1) is 11.8. The predicted molar refractivity (Wildman–Crippen MR) is 93.3 cm³/mol. The summed E-state index contributed by atoms with van der Waals surface area (Å²) in [4.78, 5) is 2.52. The Bertz CT molecular complexity index is 600. The van der Waals surface area contributed by atoms with Crippen LogP contribution in [0.4, 0.5) is 0 Å². The lowest BCUT2D eigenvalue weighted by Gasteiger charge is -2.33. The summed E-state index contributed by atoms with van der Waals surface area (Å²) in [6.45, 7) is 4.93. The monoisotopic (exact) mass is 329 g/mol. The first-order valence-corrected chi connectivity index (χ1v) is 8.83. The highest BCUT2D eigenvalue weighted by Gasteiger charge is 2.19. The number of hydrogen-bond donors (Lipinski definition) is 2. The third kappa shape index (κ3) is 5.12. The molecule has 2 N–H and O–H groups in total. The lowest BCUT2D eigenvalue weighted by atomic mass is 10.0. The molecule has 1 aromatic heterocycles. The Labute approximate surface area is 143 Å². The van der Waals surface area contributed by atoms with Gasteiger partial charge < -0.3 is 10.4 Å². The number of benzene rings is 1. The van der Waals surface area contributed by atoms with Crippen molar-refractivity contribution in [3.8, 4) is 0 Å². The quantitative estimate of drug-likeness (QED) is 0.767. The largest absolute Gasteiger partial charge is 0.396 e. The zero-order chi connectivity index (χ0) is 16.6. The van der Waals surface area contributed by atoms with Crippen molar-refractivity contribution in [3.63, 3.8) is 0 Å². The molecule has 1 aliphatic heterocycles. The topological polar surface area (TPSA) is 66.2 Å². The van der Waals surface area contributed by atoms with E-state index in [1.807, 2.05) is 6.20 Å². The maximum absolute atomic E-state index is 8.86. The maximum Gasteiger partial charge on any atom is 0.0964 e. The molecule has 6 nitrogen and oxygen atoms in total. The number of likely N-dealkylation sites (tertiary alicyclic amines) is 1. The van der Waals surface area contributed by atoms with Gasteiger partial charge in [0.1, 0.15) is 0 Å². The third-order valence-electron chi connectivity index (χ3n) is 4.46. The summed E-state index contributed by atoms with van der Waals surface area (Å²) in [6.07, 6.45) is 5.12. The molecule has 0 radical (unpaired) electrons. The van der Waals surface area contributed by atoms with Gasteiger partial charge in [0, 0.05) is 45.0 Å². The Morgan fingerprint density at radius 1 is 1.25 bits per heavy atom. The van der Waals surface area contributed by atoms with Crippen molar-refractivity contribution < 1.29 is 5.11 Å². The molecule has 3 rings (SSSR count). The van der Waals surface area contributed by atoms with Gasteiger partial charge in [-0.2, -0.15) is 0 Å². The van der Waals surface area contributed by atoms with Crippen LogP contribution in [0.25, 0.3) is 0 Å². The second-order valence-corrected chi connectivity index (χ2v) is 6.49. The number of piperidine rings is 1. The van der Waals surface area contributed by atoms with Crippen LogP contribution in [-0.2, 0) is 19.6 Å². The van der Waals surface area contributed by atoms with Crippen molar-refractivity contribution in [3.05, 3.63) is 47.8 Å². The van der Waals surface area contributed by atoms with Crippen molar-refractivity contribution in [1.82, 2.24) is 25.2 Å². The molecule has 1 aromatic carbocycles. The van der Waals surface area contributed by atoms with E-state index >= 15 is 0 Å². The van der Waals surface area contributed by atoms with Crippen LogP contribution in [-0.4, -0.2) is 50.7 Å². The fourth-order valence-electron chi connectivity index (χ4n) is 3.22. The molecule has 0 aliphatic carbocycles. The molecule has 24 heavy (non-hydrogen) atoms. The molecule has 1 saturated heterocycles. The Morgan fingerprint density at radius 3 is 2.96 bits per heavy atom. The summed E-state index contributed by atoms with van der Waals surface area (Å²) in [5.74, 6) is 0. The van der Waals surface area contributed by atoms with E-state index < -0.39 is 0 Å². The second-order valence-electron chi connectivity index (χ2n) is 6.49. The molecule has 0 bridgehead atoms. The molecule has 1 fully saturated rings. The minimum atomic E-state index is 0.187. The summed E-state index contributed by atoms with van der Waals surface area (Å²) < 4.78 is 1.80. The predicted octanol–water partition coefficient (Wildman–Crippen LogP) is 1.41. The molecule has 0 amide bonds. The Kier molecular flexibility index (Phi) is 6.34. The number of aromatic nitrogens is 3. The SMILES string of the molecule is OCCCn1cc(CNC2CCCN(Cc3ccccc3)C2)nn1. The van der Waals surface area contributed by atoms with Crippen molar-refractivity contribution in [2.75, 3.05) is 19.7 Å². The Balaban J connectivity index is 1.44. The number of rotatable bonds is 8. The van der Waals surface area contributed by atoms with Crippen LogP contribution in [0.15, 0.2) is 36.5 Å². The van der Waals surface area contributed by atoms with Gasteiger partial charge in [0.2, 0.25) is 0 Å². The minimum Gasteiger partial charge on any atom is -0.396 e. The van der Waals surface area contributed by atoms with Crippen LogP contribution in [0.5, 0.6) is 0 Å². The lowest BCUT2D eigenvalue weighted by Crippen LogP contribution is -2.45. The van der Waals surface area contributed by atoms with Gasteiger partial charge in [-0.3, -0.25) is 9.58 Å². The highest BCUT2D eigenvalue weighted by molar-refractivity contribution is 5.14.